The first-order valence-corrected chi connectivity index (χ1v) is 7.96. The molecule has 0 fully saturated rings. The van der Waals surface area contributed by atoms with E-state index in [1.165, 1.54) is 0 Å². The summed E-state index contributed by atoms with van der Waals surface area (Å²) in [5.74, 6) is -0.984. The maximum Gasteiger partial charge on any atom is 0.229 e. The van der Waals surface area contributed by atoms with E-state index in [1.807, 2.05) is 19.9 Å². The van der Waals surface area contributed by atoms with Gasteiger partial charge in [0.05, 0.1) is 7.11 Å². The largest absolute Gasteiger partial charge is 0.497 e. The van der Waals surface area contributed by atoms with Crippen molar-refractivity contribution in [1.82, 2.24) is 0 Å². The fourth-order valence-corrected chi connectivity index (χ4v) is 4.05. The minimum atomic E-state index is -0.905. The summed E-state index contributed by atoms with van der Waals surface area (Å²) in [5, 5.41) is 0. The lowest BCUT2D eigenvalue weighted by Crippen LogP contribution is -2.53. The number of methoxy groups -OCH3 is 1. The molecule has 4 nitrogen and oxygen atoms in total. The molecule has 124 valence electrons. The zero-order valence-electron chi connectivity index (χ0n) is 14.4. The molecule has 0 saturated carbocycles. The van der Waals surface area contributed by atoms with E-state index in [9.17, 15) is 14.4 Å². The molecule has 0 aliphatic heterocycles. The number of fused-ring (bicyclic) bond motifs is 1. The molecule has 2 rings (SSSR count). The minimum absolute atomic E-state index is 0.435. The van der Waals surface area contributed by atoms with Crippen LogP contribution < -0.4 is 4.74 Å². The molecule has 1 aliphatic carbocycles. The summed E-state index contributed by atoms with van der Waals surface area (Å²) in [4.78, 5) is 37.0. The zero-order valence-corrected chi connectivity index (χ0v) is 14.4. The summed E-state index contributed by atoms with van der Waals surface area (Å²) >= 11 is 0. The van der Waals surface area contributed by atoms with Gasteiger partial charge in [-0.2, -0.15) is 0 Å². The third-order valence-corrected chi connectivity index (χ3v) is 5.03. The SMILES string of the molecule is CCCC1(C)c2cc(OC)ccc2C(=O)C(=O)C1C(C)(C)C=O. The number of ether oxygens (including phenoxy) is 1. The molecule has 0 bridgehead atoms. The number of ketones is 2. The van der Waals surface area contributed by atoms with Gasteiger partial charge in [0.1, 0.15) is 12.0 Å². The van der Waals surface area contributed by atoms with Gasteiger partial charge in [-0.05, 0) is 30.2 Å². The van der Waals surface area contributed by atoms with E-state index < -0.39 is 28.3 Å². The van der Waals surface area contributed by atoms with E-state index in [0.717, 1.165) is 18.3 Å². The monoisotopic (exact) mass is 316 g/mol. The van der Waals surface area contributed by atoms with Crippen molar-refractivity contribution >= 4 is 17.9 Å². The minimum Gasteiger partial charge on any atom is -0.497 e. The highest BCUT2D eigenvalue weighted by Crippen LogP contribution is 2.50. The Morgan fingerprint density at radius 1 is 1.30 bits per heavy atom. The maximum atomic E-state index is 12.8. The van der Waals surface area contributed by atoms with Crippen molar-refractivity contribution in [3.63, 3.8) is 0 Å². The number of Topliss-reactive ketones (excluding diaryl/α,β-unsaturated/α-hetero) is 2. The average Bonchev–Trinajstić information content (AvgIpc) is 2.52. The Bertz CT molecular complexity index is 659. The summed E-state index contributed by atoms with van der Waals surface area (Å²) in [5.41, 5.74) is -0.237. The third-order valence-electron chi connectivity index (χ3n) is 5.03. The molecule has 2 unspecified atom stereocenters. The summed E-state index contributed by atoms with van der Waals surface area (Å²) in [6, 6.07) is 5.19. The van der Waals surface area contributed by atoms with Gasteiger partial charge in [0.15, 0.2) is 0 Å². The molecular formula is C19H24O4. The molecule has 1 aliphatic rings. The van der Waals surface area contributed by atoms with Crippen LogP contribution >= 0.6 is 0 Å². The van der Waals surface area contributed by atoms with Crippen LogP contribution in [0.5, 0.6) is 5.75 Å². The lowest BCUT2D eigenvalue weighted by molar-refractivity contribution is -0.132. The van der Waals surface area contributed by atoms with Gasteiger partial charge < -0.3 is 9.53 Å². The summed E-state index contributed by atoms with van der Waals surface area (Å²) in [6.45, 7) is 7.48. The van der Waals surface area contributed by atoms with Crippen molar-refractivity contribution < 1.29 is 19.1 Å². The quantitative estimate of drug-likeness (QED) is 0.617. The molecule has 0 spiro atoms. The molecule has 23 heavy (non-hydrogen) atoms. The molecule has 1 aromatic rings. The van der Waals surface area contributed by atoms with Crippen LogP contribution in [0.15, 0.2) is 18.2 Å². The molecule has 2 atom stereocenters. The third kappa shape index (κ3) is 2.60. The smallest absolute Gasteiger partial charge is 0.229 e. The second kappa shape index (κ2) is 5.91. The molecule has 0 heterocycles. The summed E-state index contributed by atoms with van der Waals surface area (Å²) in [7, 11) is 1.57. The predicted octanol–water partition coefficient (Wildman–Crippen LogP) is 3.36. The zero-order chi connectivity index (χ0) is 17.4. The fourth-order valence-electron chi connectivity index (χ4n) is 4.05. The second-order valence-corrected chi connectivity index (χ2v) is 7.14. The Hall–Kier alpha value is -1.97. The first kappa shape index (κ1) is 17.4. The second-order valence-electron chi connectivity index (χ2n) is 7.14. The normalized spacial score (nSPS) is 24.3. The van der Waals surface area contributed by atoms with Gasteiger partial charge in [0, 0.05) is 22.3 Å². The number of benzene rings is 1. The molecule has 0 N–H and O–H groups in total. The Kier molecular flexibility index (Phi) is 4.47. The van der Waals surface area contributed by atoms with Gasteiger partial charge in [-0.3, -0.25) is 9.59 Å². The van der Waals surface area contributed by atoms with Crippen molar-refractivity contribution in [1.29, 1.82) is 0 Å². The van der Waals surface area contributed by atoms with Crippen LogP contribution in [-0.2, 0) is 15.0 Å². The number of carbonyl (C=O) groups is 3. The van der Waals surface area contributed by atoms with Crippen LogP contribution in [0.4, 0.5) is 0 Å². The highest BCUT2D eigenvalue weighted by atomic mass is 16.5. The van der Waals surface area contributed by atoms with Gasteiger partial charge in [-0.15, -0.1) is 0 Å². The van der Waals surface area contributed by atoms with Crippen LogP contribution in [0.25, 0.3) is 0 Å². The van der Waals surface area contributed by atoms with E-state index in [1.54, 1.807) is 33.1 Å². The number of hydrogen-bond acceptors (Lipinski definition) is 4. The van der Waals surface area contributed by atoms with Gasteiger partial charge in [-0.1, -0.05) is 34.1 Å². The summed E-state index contributed by atoms with van der Waals surface area (Å²) < 4.78 is 5.30. The van der Waals surface area contributed by atoms with Crippen molar-refractivity contribution in [2.75, 3.05) is 7.11 Å². The van der Waals surface area contributed by atoms with Crippen LogP contribution in [0.2, 0.25) is 0 Å². The van der Waals surface area contributed by atoms with E-state index in [2.05, 4.69) is 0 Å². The Labute approximate surface area is 137 Å². The molecule has 0 saturated heterocycles. The highest BCUT2D eigenvalue weighted by Gasteiger charge is 2.54. The van der Waals surface area contributed by atoms with E-state index in [-0.39, 0.29) is 0 Å². The van der Waals surface area contributed by atoms with Gasteiger partial charge in [0.2, 0.25) is 11.6 Å². The van der Waals surface area contributed by atoms with E-state index in [0.29, 0.717) is 17.7 Å². The van der Waals surface area contributed by atoms with E-state index in [4.69, 9.17) is 4.74 Å². The van der Waals surface area contributed by atoms with E-state index >= 15 is 0 Å². The number of hydrogen-bond donors (Lipinski definition) is 0. The van der Waals surface area contributed by atoms with Gasteiger partial charge in [0.25, 0.3) is 0 Å². The molecule has 0 radical (unpaired) electrons. The lowest BCUT2D eigenvalue weighted by Gasteiger charge is -2.46. The van der Waals surface area contributed by atoms with Crippen molar-refractivity contribution in [2.24, 2.45) is 11.3 Å². The summed E-state index contributed by atoms with van der Waals surface area (Å²) in [6.07, 6.45) is 2.36. The topological polar surface area (TPSA) is 60.4 Å². The molecule has 0 amide bonds. The predicted molar refractivity (Wildman–Crippen MR) is 87.9 cm³/mol. The maximum absolute atomic E-state index is 12.8. The highest BCUT2D eigenvalue weighted by molar-refractivity contribution is 6.46. The molecule has 1 aromatic carbocycles. The first-order valence-electron chi connectivity index (χ1n) is 7.96. The molecule has 4 heteroatoms. The lowest BCUT2D eigenvalue weighted by atomic mass is 9.54. The number of rotatable bonds is 5. The first-order chi connectivity index (χ1) is 10.7. The van der Waals surface area contributed by atoms with Crippen LogP contribution in [0.3, 0.4) is 0 Å². The standard InChI is InChI=1S/C19H24O4/c1-6-9-19(4)14-10-12(23-5)7-8-13(14)15(21)16(22)17(19)18(2,3)11-20/h7-8,10-11,17H,6,9H2,1-5H3. The molecule has 0 aromatic heterocycles. The average molecular weight is 316 g/mol. The molecular weight excluding hydrogens is 292 g/mol. The number of carbonyl (C=O) groups excluding carboxylic acids is 3. The number of aldehydes is 1. The van der Waals surface area contributed by atoms with Crippen molar-refractivity contribution in [3.8, 4) is 5.75 Å². The van der Waals surface area contributed by atoms with Gasteiger partial charge in [-0.25, -0.2) is 0 Å². The van der Waals surface area contributed by atoms with Gasteiger partial charge >= 0.3 is 0 Å². The van der Waals surface area contributed by atoms with Crippen LogP contribution in [0.1, 0.15) is 56.5 Å². The fraction of sp³-hybridized carbons (Fsp3) is 0.526. The van der Waals surface area contributed by atoms with Crippen LogP contribution in [-0.4, -0.2) is 25.0 Å². The van der Waals surface area contributed by atoms with Crippen molar-refractivity contribution in [2.45, 2.75) is 46.0 Å². The Morgan fingerprint density at radius 3 is 2.48 bits per heavy atom. The Balaban J connectivity index is 2.78. The Morgan fingerprint density at radius 2 is 1.96 bits per heavy atom. The van der Waals surface area contributed by atoms with Crippen LogP contribution in [0, 0.1) is 11.3 Å². The van der Waals surface area contributed by atoms with Crippen molar-refractivity contribution in [3.05, 3.63) is 29.3 Å².